The third-order valence-corrected chi connectivity index (χ3v) is 3.24. The summed E-state index contributed by atoms with van der Waals surface area (Å²) in [7, 11) is 0. The SMILES string of the molecule is CCc1ccc(C(=O)NNC(=O)C=Cc2ccccc2F)cc1. The Labute approximate surface area is 134 Å². The lowest BCUT2D eigenvalue weighted by atomic mass is 10.1. The molecule has 0 saturated carbocycles. The van der Waals surface area contributed by atoms with E-state index in [1.807, 2.05) is 19.1 Å². The molecule has 2 aromatic rings. The van der Waals surface area contributed by atoms with Crippen LogP contribution in [-0.2, 0) is 11.2 Å². The van der Waals surface area contributed by atoms with Crippen LogP contribution in [0.5, 0.6) is 0 Å². The van der Waals surface area contributed by atoms with Crippen LogP contribution in [0.3, 0.4) is 0 Å². The van der Waals surface area contributed by atoms with Crippen molar-refractivity contribution in [3.05, 3.63) is 77.1 Å². The van der Waals surface area contributed by atoms with Crippen molar-refractivity contribution < 1.29 is 14.0 Å². The maximum absolute atomic E-state index is 13.4. The molecule has 0 aromatic heterocycles. The fraction of sp³-hybridized carbons (Fsp3) is 0.111. The number of hydrogen-bond donors (Lipinski definition) is 2. The van der Waals surface area contributed by atoms with Gasteiger partial charge in [-0.3, -0.25) is 20.4 Å². The number of carbonyl (C=O) groups is 2. The van der Waals surface area contributed by atoms with Gasteiger partial charge in [0.1, 0.15) is 5.82 Å². The minimum absolute atomic E-state index is 0.295. The van der Waals surface area contributed by atoms with Crippen LogP contribution < -0.4 is 10.9 Å². The van der Waals surface area contributed by atoms with Crippen LogP contribution in [0.2, 0.25) is 0 Å². The molecular weight excluding hydrogens is 295 g/mol. The molecule has 4 nitrogen and oxygen atoms in total. The molecular formula is C18H17FN2O2. The summed E-state index contributed by atoms with van der Waals surface area (Å²) in [4.78, 5) is 23.5. The van der Waals surface area contributed by atoms with E-state index in [9.17, 15) is 14.0 Å². The second-order valence-electron chi connectivity index (χ2n) is 4.85. The first kappa shape index (κ1) is 16.4. The van der Waals surface area contributed by atoms with Crippen LogP contribution in [0.25, 0.3) is 6.08 Å². The van der Waals surface area contributed by atoms with E-state index in [1.165, 1.54) is 12.1 Å². The molecule has 0 aliphatic carbocycles. The van der Waals surface area contributed by atoms with Crippen LogP contribution in [0.15, 0.2) is 54.6 Å². The number of amides is 2. The number of hydrazine groups is 1. The molecule has 0 unspecified atom stereocenters. The highest BCUT2D eigenvalue weighted by atomic mass is 19.1. The lowest BCUT2D eigenvalue weighted by Crippen LogP contribution is -2.40. The Morgan fingerprint density at radius 1 is 1.04 bits per heavy atom. The smallest absolute Gasteiger partial charge is 0.268 e. The largest absolute Gasteiger partial charge is 0.269 e. The van der Waals surface area contributed by atoms with Gasteiger partial charge in [-0.2, -0.15) is 0 Å². The van der Waals surface area contributed by atoms with Crippen molar-refractivity contribution in [2.24, 2.45) is 0 Å². The fourth-order valence-corrected chi connectivity index (χ4v) is 1.90. The Hall–Kier alpha value is -2.95. The third kappa shape index (κ3) is 4.78. The Balaban J connectivity index is 1.88. The Morgan fingerprint density at radius 2 is 1.74 bits per heavy atom. The number of nitrogens with one attached hydrogen (secondary N) is 2. The molecule has 2 aromatic carbocycles. The summed E-state index contributed by atoms with van der Waals surface area (Å²) in [5.41, 5.74) is 6.42. The van der Waals surface area contributed by atoms with Gasteiger partial charge in [-0.1, -0.05) is 37.3 Å². The molecule has 0 fully saturated rings. The van der Waals surface area contributed by atoms with Crippen LogP contribution in [0.1, 0.15) is 28.4 Å². The van der Waals surface area contributed by atoms with Gasteiger partial charge in [-0.25, -0.2) is 4.39 Å². The number of halogens is 1. The molecule has 0 atom stereocenters. The second kappa shape index (κ2) is 7.89. The highest BCUT2D eigenvalue weighted by molar-refractivity contribution is 5.97. The average Bonchev–Trinajstić information content (AvgIpc) is 2.59. The highest BCUT2D eigenvalue weighted by Gasteiger charge is 2.05. The summed E-state index contributed by atoms with van der Waals surface area (Å²) >= 11 is 0. The highest BCUT2D eigenvalue weighted by Crippen LogP contribution is 2.08. The molecule has 0 saturated heterocycles. The predicted molar refractivity (Wildman–Crippen MR) is 86.9 cm³/mol. The number of aryl methyl sites for hydroxylation is 1. The molecule has 0 radical (unpaired) electrons. The fourth-order valence-electron chi connectivity index (χ4n) is 1.90. The number of hydrogen-bond acceptors (Lipinski definition) is 2. The van der Waals surface area contributed by atoms with Gasteiger partial charge in [0.25, 0.3) is 11.8 Å². The Bertz CT molecular complexity index is 724. The van der Waals surface area contributed by atoms with Crippen molar-refractivity contribution >= 4 is 17.9 Å². The Kier molecular flexibility index (Phi) is 5.63. The number of rotatable bonds is 4. The van der Waals surface area contributed by atoms with Crippen LogP contribution in [0, 0.1) is 5.82 Å². The minimum Gasteiger partial charge on any atom is -0.268 e. The quantitative estimate of drug-likeness (QED) is 0.674. The van der Waals surface area contributed by atoms with Gasteiger partial charge < -0.3 is 0 Å². The number of benzene rings is 2. The Morgan fingerprint density at radius 3 is 2.39 bits per heavy atom. The second-order valence-corrected chi connectivity index (χ2v) is 4.85. The van der Waals surface area contributed by atoms with Crippen molar-refractivity contribution in [1.29, 1.82) is 0 Å². The summed E-state index contributed by atoms with van der Waals surface area (Å²) in [6.07, 6.45) is 3.38. The van der Waals surface area contributed by atoms with E-state index < -0.39 is 17.6 Å². The van der Waals surface area contributed by atoms with Gasteiger partial charge in [0.05, 0.1) is 0 Å². The maximum atomic E-state index is 13.4. The molecule has 5 heteroatoms. The first-order chi connectivity index (χ1) is 11.1. The van der Waals surface area contributed by atoms with E-state index in [2.05, 4.69) is 10.9 Å². The summed E-state index contributed by atoms with van der Waals surface area (Å²) in [6, 6.07) is 13.2. The van der Waals surface area contributed by atoms with Gasteiger partial charge >= 0.3 is 0 Å². The molecule has 118 valence electrons. The molecule has 0 heterocycles. The first-order valence-corrected chi connectivity index (χ1v) is 7.22. The molecule has 0 spiro atoms. The zero-order valence-electron chi connectivity index (χ0n) is 12.7. The van der Waals surface area contributed by atoms with Gasteiger partial charge in [-0.05, 0) is 36.3 Å². The van der Waals surface area contributed by atoms with Crippen molar-refractivity contribution in [1.82, 2.24) is 10.9 Å². The minimum atomic E-state index is -0.549. The van der Waals surface area contributed by atoms with Gasteiger partial charge in [0.15, 0.2) is 0 Å². The molecule has 0 aliphatic rings. The van der Waals surface area contributed by atoms with Crippen LogP contribution in [0.4, 0.5) is 4.39 Å². The third-order valence-electron chi connectivity index (χ3n) is 3.24. The van der Waals surface area contributed by atoms with Crippen LogP contribution in [-0.4, -0.2) is 11.8 Å². The molecule has 2 amide bonds. The monoisotopic (exact) mass is 312 g/mol. The normalized spacial score (nSPS) is 10.5. The van der Waals surface area contributed by atoms with Crippen molar-refractivity contribution in [2.75, 3.05) is 0 Å². The molecule has 2 rings (SSSR count). The van der Waals surface area contributed by atoms with E-state index in [1.54, 1.807) is 30.3 Å². The zero-order chi connectivity index (χ0) is 16.7. The predicted octanol–water partition coefficient (Wildman–Crippen LogP) is 2.86. The van der Waals surface area contributed by atoms with Crippen molar-refractivity contribution in [2.45, 2.75) is 13.3 Å². The standard InChI is InChI=1S/C18H17FN2O2/c1-2-13-7-9-15(10-8-13)18(23)21-20-17(22)12-11-14-5-3-4-6-16(14)19/h3-12H,2H2,1H3,(H,20,22)(H,21,23). The topological polar surface area (TPSA) is 58.2 Å². The van der Waals surface area contributed by atoms with E-state index in [0.717, 1.165) is 18.1 Å². The van der Waals surface area contributed by atoms with Gasteiger partial charge in [0.2, 0.25) is 0 Å². The van der Waals surface area contributed by atoms with Crippen molar-refractivity contribution in [3.8, 4) is 0 Å². The van der Waals surface area contributed by atoms with E-state index in [4.69, 9.17) is 0 Å². The molecule has 0 aliphatic heterocycles. The van der Waals surface area contributed by atoms with Gasteiger partial charge in [0, 0.05) is 17.2 Å². The lowest BCUT2D eigenvalue weighted by Gasteiger charge is -2.06. The van der Waals surface area contributed by atoms with E-state index in [0.29, 0.717) is 11.1 Å². The summed E-state index contributed by atoms with van der Waals surface area (Å²) < 4.78 is 13.4. The van der Waals surface area contributed by atoms with Gasteiger partial charge in [-0.15, -0.1) is 0 Å². The first-order valence-electron chi connectivity index (χ1n) is 7.22. The zero-order valence-corrected chi connectivity index (χ0v) is 12.7. The summed E-state index contributed by atoms with van der Waals surface area (Å²) in [6.45, 7) is 2.03. The average molecular weight is 312 g/mol. The van der Waals surface area contributed by atoms with Crippen LogP contribution >= 0.6 is 0 Å². The van der Waals surface area contributed by atoms with E-state index >= 15 is 0 Å². The van der Waals surface area contributed by atoms with Crippen molar-refractivity contribution in [3.63, 3.8) is 0 Å². The number of carbonyl (C=O) groups excluding carboxylic acids is 2. The summed E-state index contributed by atoms with van der Waals surface area (Å²) in [5, 5.41) is 0. The summed E-state index contributed by atoms with van der Waals surface area (Å²) in [5.74, 6) is -1.39. The van der Waals surface area contributed by atoms with E-state index in [-0.39, 0.29) is 0 Å². The lowest BCUT2D eigenvalue weighted by molar-refractivity contribution is -0.117. The molecule has 0 bridgehead atoms. The molecule has 23 heavy (non-hydrogen) atoms. The molecule has 2 N–H and O–H groups in total. The maximum Gasteiger partial charge on any atom is 0.269 e.